The number of rotatable bonds is 4. The number of hydrogen-bond donors (Lipinski definition) is 2. The Morgan fingerprint density at radius 2 is 1.97 bits per heavy atom. The zero-order valence-electron chi connectivity index (χ0n) is 17.0. The van der Waals surface area contributed by atoms with Gasteiger partial charge in [-0.3, -0.25) is 4.79 Å². The van der Waals surface area contributed by atoms with Crippen molar-refractivity contribution in [2.45, 2.75) is 45.6 Å². The van der Waals surface area contributed by atoms with Gasteiger partial charge in [0.1, 0.15) is 5.75 Å². The molecule has 1 aliphatic heterocycles. The Morgan fingerprint density at radius 1 is 1.31 bits per heavy atom. The fourth-order valence-electron chi connectivity index (χ4n) is 4.11. The summed E-state index contributed by atoms with van der Waals surface area (Å²) in [4.78, 5) is 14.8. The van der Waals surface area contributed by atoms with Crippen molar-refractivity contribution < 1.29 is 9.90 Å². The van der Waals surface area contributed by atoms with Crippen LogP contribution in [0.2, 0.25) is 0 Å². The van der Waals surface area contributed by atoms with Gasteiger partial charge in [-0.25, -0.2) is 5.43 Å². The monoisotopic (exact) mass is 521 g/mol. The molecule has 1 heterocycles. The molecule has 1 unspecified atom stereocenters. The van der Waals surface area contributed by atoms with E-state index in [-0.39, 0.29) is 17.2 Å². The van der Waals surface area contributed by atoms with Gasteiger partial charge in [-0.15, -0.1) is 0 Å². The molecule has 0 radical (unpaired) electrons. The molecule has 0 saturated heterocycles. The second-order valence-corrected chi connectivity index (χ2v) is 9.68. The van der Waals surface area contributed by atoms with E-state index in [4.69, 9.17) is 0 Å². The van der Waals surface area contributed by atoms with Gasteiger partial charge >= 0.3 is 0 Å². The Balaban J connectivity index is 1.77. The summed E-state index contributed by atoms with van der Waals surface area (Å²) in [7, 11) is 0. The molecular weight excluding hydrogens is 498 g/mol. The molecule has 0 fully saturated rings. The smallest absolute Gasteiger partial charge is 0.271 e. The van der Waals surface area contributed by atoms with Crippen molar-refractivity contribution in [3.63, 3.8) is 0 Å². The van der Waals surface area contributed by atoms with Gasteiger partial charge in [-0.2, -0.15) is 5.10 Å². The normalized spacial score (nSPS) is 18.0. The first-order chi connectivity index (χ1) is 13.6. The second-order valence-electron chi connectivity index (χ2n) is 7.97. The summed E-state index contributed by atoms with van der Waals surface area (Å²) in [5, 5.41) is 13.9. The quantitative estimate of drug-likeness (QED) is 0.394. The molecule has 7 heteroatoms. The lowest BCUT2D eigenvalue weighted by molar-refractivity contribution is 0.0955. The van der Waals surface area contributed by atoms with Crippen molar-refractivity contribution in [1.82, 2.24) is 5.43 Å². The lowest BCUT2D eigenvalue weighted by Crippen LogP contribution is -2.48. The number of fused-ring (bicyclic) bond motifs is 1. The molecule has 0 aliphatic carbocycles. The first-order valence-corrected chi connectivity index (χ1v) is 11.2. The first kappa shape index (κ1) is 21.8. The van der Waals surface area contributed by atoms with Crippen molar-refractivity contribution in [1.29, 1.82) is 0 Å². The van der Waals surface area contributed by atoms with Crippen LogP contribution in [0, 0.1) is 0 Å². The summed E-state index contributed by atoms with van der Waals surface area (Å²) < 4.78 is 0.876. The highest BCUT2D eigenvalue weighted by Gasteiger charge is 2.35. The van der Waals surface area contributed by atoms with Crippen LogP contribution in [0.15, 0.2) is 44.4 Å². The highest BCUT2D eigenvalue weighted by molar-refractivity contribution is 9.11. The molecule has 0 spiro atoms. The zero-order chi connectivity index (χ0) is 21.3. The molecule has 2 aromatic rings. The Bertz CT molecular complexity index is 950. The van der Waals surface area contributed by atoms with Crippen LogP contribution in [0.4, 0.5) is 5.69 Å². The molecule has 3 rings (SSSR count). The molecule has 29 heavy (non-hydrogen) atoms. The summed E-state index contributed by atoms with van der Waals surface area (Å²) in [6.45, 7) is 10.00. The highest BCUT2D eigenvalue weighted by atomic mass is 79.9. The van der Waals surface area contributed by atoms with Gasteiger partial charge in [0.25, 0.3) is 5.91 Å². The molecule has 154 valence electrons. The molecule has 1 atom stereocenters. The van der Waals surface area contributed by atoms with Gasteiger partial charge in [0.15, 0.2) is 0 Å². The predicted octanol–water partition coefficient (Wildman–Crippen LogP) is 5.79. The van der Waals surface area contributed by atoms with Gasteiger partial charge in [0, 0.05) is 23.3 Å². The summed E-state index contributed by atoms with van der Waals surface area (Å²) in [6.07, 6.45) is 2.75. The molecule has 5 nitrogen and oxygen atoms in total. The van der Waals surface area contributed by atoms with Crippen molar-refractivity contribution in [2.75, 3.05) is 11.4 Å². The number of anilines is 1. The fraction of sp³-hybridized carbons (Fsp3) is 0.364. The van der Waals surface area contributed by atoms with Crippen LogP contribution in [0.5, 0.6) is 5.75 Å². The third-order valence-electron chi connectivity index (χ3n) is 5.38. The number of amides is 1. The number of phenols is 1. The van der Waals surface area contributed by atoms with Crippen LogP contribution in [0.1, 0.15) is 61.5 Å². The largest absolute Gasteiger partial charge is 0.506 e. The third-order valence-corrected chi connectivity index (χ3v) is 6.59. The van der Waals surface area contributed by atoms with Crippen molar-refractivity contribution >= 4 is 49.7 Å². The number of carbonyl (C=O) groups is 1. The lowest BCUT2D eigenvalue weighted by atomic mass is 9.79. The predicted molar refractivity (Wildman–Crippen MR) is 125 cm³/mol. The Hall–Kier alpha value is -1.86. The maximum Gasteiger partial charge on any atom is 0.271 e. The Labute approximate surface area is 188 Å². The van der Waals surface area contributed by atoms with Gasteiger partial charge in [0.05, 0.1) is 15.2 Å². The number of nitrogens with zero attached hydrogens (tertiary/aromatic N) is 2. The van der Waals surface area contributed by atoms with Crippen molar-refractivity contribution in [2.24, 2.45) is 5.10 Å². The van der Waals surface area contributed by atoms with E-state index >= 15 is 0 Å². The topological polar surface area (TPSA) is 64.9 Å². The molecular formula is C22H25Br2N3O2. The van der Waals surface area contributed by atoms with Gasteiger partial charge in [0.2, 0.25) is 0 Å². The highest BCUT2D eigenvalue weighted by Crippen LogP contribution is 2.43. The maximum atomic E-state index is 12.3. The van der Waals surface area contributed by atoms with Crippen molar-refractivity contribution in [3.8, 4) is 5.75 Å². The van der Waals surface area contributed by atoms with Crippen LogP contribution in [0.3, 0.4) is 0 Å². The molecule has 0 saturated carbocycles. The van der Waals surface area contributed by atoms with Crippen molar-refractivity contribution in [3.05, 3.63) is 56.0 Å². The van der Waals surface area contributed by atoms with E-state index in [9.17, 15) is 9.90 Å². The maximum absolute atomic E-state index is 12.3. The van der Waals surface area contributed by atoms with Gasteiger partial charge in [-0.1, -0.05) is 13.0 Å². The van der Waals surface area contributed by atoms with Crippen LogP contribution in [-0.4, -0.2) is 29.3 Å². The molecule has 1 amide bonds. The van der Waals surface area contributed by atoms with E-state index < -0.39 is 0 Å². The van der Waals surface area contributed by atoms with Gasteiger partial charge in [-0.05, 0) is 100 Å². The molecule has 2 aromatic carbocycles. The number of hydrogen-bond acceptors (Lipinski definition) is 4. The summed E-state index contributed by atoms with van der Waals surface area (Å²) in [5.41, 5.74) is 6.60. The van der Waals surface area contributed by atoms with Crippen LogP contribution in [0.25, 0.3) is 0 Å². The molecule has 0 aromatic heterocycles. The van der Waals surface area contributed by atoms with E-state index in [0.717, 1.165) is 18.5 Å². The number of hydrazone groups is 1. The van der Waals surface area contributed by atoms with Crippen LogP contribution >= 0.6 is 31.9 Å². The number of phenolic OH excluding ortho intramolecular Hbond substituents is 1. The van der Waals surface area contributed by atoms with E-state index in [0.29, 0.717) is 20.4 Å². The number of carbonyl (C=O) groups excluding carboxylic acids is 1. The second kappa shape index (κ2) is 8.48. The standard InChI is InChI=1S/C22H25Br2N3O2/c1-5-27-19-7-6-14(8-16(19)13(2)11-22(27,3)4)12-25-26-21(29)15-9-17(23)20(28)18(24)10-15/h6-10,12-13,28H,5,11H2,1-4H3,(H,26,29)/b25-12-. The SMILES string of the molecule is CCN1c2ccc(/C=N\NC(=O)c3cc(Br)c(O)c(Br)c3)cc2C(C)CC1(C)C. The molecule has 1 aliphatic rings. The van der Waals surface area contributed by atoms with E-state index in [1.807, 2.05) is 6.07 Å². The molecule has 0 bridgehead atoms. The van der Waals surface area contributed by atoms with Gasteiger partial charge < -0.3 is 10.0 Å². The zero-order valence-corrected chi connectivity index (χ0v) is 20.1. The number of benzene rings is 2. The minimum atomic E-state index is -0.354. The number of nitrogens with one attached hydrogen (secondary N) is 1. The van der Waals surface area contributed by atoms with E-state index in [1.54, 1.807) is 18.3 Å². The van der Waals surface area contributed by atoms with Crippen LogP contribution < -0.4 is 10.3 Å². The summed E-state index contributed by atoms with van der Waals surface area (Å²) in [6, 6.07) is 9.42. The lowest BCUT2D eigenvalue weighted by Gasteiger charge is -2.47. The first-order valence-electron chi connectivity index (χ1n) is 9.57. The van der Waals surface area contributed by atoms with E-state index in [1.165, 1.54) is 11.3 Å². The average Bonchev–Trinajstić information content (AvgIpc) is 2.65. The minimum Gasteiger partial charge on any atom is -0.506 e. The summed E-state index contributed by atoms with van der Waals surface area (Å²) in [5.74, 6) is 0.155. The number of aromatic hydroxyl groups is 1. The van der Waals surface area contributed by atoms with Crippen LogP contribution in [-0.2, 0) is 0 Å². The molecule has 2 N–H and O–H groups in total. The fourth-order valence-corrected chi connectivity index (χ4v) is 5.30. The average molecular weight is 523 g/mol. The Morgan fingerprint density at radius 3 is 2.59 bits per heavy atom. The van der Waals surface area contributed by atoms with E-state index in [2.05, 4.69) is 87.1 Å². The number of halogens is 2. The minimum absolute atomic E-state index is 0.0533. The summed E-state index contributed by atoms with van der Waals surface area (Å²) >= 11 is 6.45. The third kappa shape index (κ3) is 4.51. The Kier molecular flexibility index (Phi) is 6.39.